The Kier molecular flexibility index (Phi) is 19.2. The number of benzene rings is 3. The molecule has 10 atom stereocenters. The molecule has 7 amide bonds. The molecule has 9 rings (SSSR count). The first-order chi connectivity index (χ1) is 38.7. The van der Waals surface area contributed by atoms with Crippen LogP contribution in [0.2, 0.25) is 0 Å². The summed E-state index contributed by atoms with van der Waals surface area (Å²) >= 11 is 0. The van der Waals surface area contributed by atoms with Crippen LogP contribution in [0.5, 0.6) is 11.5 Å². The number of likely N-dealkylation sites (N-methyl/N-ethyl adjacent to an activating group) is 1. The van der Waals surface area contributed by atoms with Gasteiger partial charge in [0.25, 0.3) is 11.8 Å². The topological polar surface area (TPSA) is 246 Å². The monoisotopic (exact) mass is 1100 g/mol. The minimum absolute atomic E-state index is 0.0266. The molecule has 4 fully saturated rings. The molecule has 3 saturated heterocycles. The van der Waals surface area contributed by atoms with Crippen LogP contribution in [-0.2, 0) is 28.8 Å². The number of carbonyl (C=O) groups excluding carboxylic acids is 8. The van der Waals surface area contributed by atoms with Gasteiger partial charge in [0.05, 0.1) is 31.3 Å². The third kappa shape index (κ3) is 13.5. The van der Waals surface area contributed by atoms with Crippen molar-refractivity contribution in [2.45, 2.75) is 153 Å². The fourth-order valence-electron chi connectivity index (χ4n) is 12.7. The molecule has 0 aromatic heterocycles. The number of amides is 7. The van der Waals surface area contributed by atoms with Crippen molar-refractivity contribution in [2.75, 3.05) is 46.4 Å². The Hall–Kier alpha value is -6.86. The first-order valence-corrected chi connectivity index (χ1v) is 29.3. The molecule has 19 nitrogen and oxygen atoms in total. The summed E-state index contributed by atoms with van der Waals surface area (Å²) < 4.78 is 11.7. The number of rotatable bonds is 19. The Morgan fingerprint density at radius 1 is 0.613 bits per heavy atom. The van der Waals surface area contributed by atoms with Crippen LogP contribution in [0.15, 0.2) is 72.8 Å². The minimum atomic E-state index is -0.938. The lowest BCUT2D eigenvalue weighted by molar-refractivity contribution is -0.145. The van der Waals surface area contributed by atoms with Gasteiger partial charge < -0.3 is 56.5 Å². The number of ketones is 1. The highest BCUT2D eigenvalue weighted by Crippen LogP contribution is 2.36. The predicted molar refractivity (Wildman–Crippen MR) is 299 cm³/mol. The minimum Gasteiger partial charge on any atom is -0.493 e. The van der Waals surface area contributed by atoms with Crippen molar-refractivity contribution in [1.29, 1.82) is 0 Å². The Bertz CT molecular complexity index is 2550. The molecule has 19 heteroatoms. The molecule has 1 aliphatic carbocycles. The molecule has 0 radical (unpaired) electrons. The van der Waals surface area contributed by atoms with Crippen molar-refractivity contribution >= 4 is 47.1 Å². The molecule has 3 aromatic rings. The van der Waals surface area contributed by atoms with Crippen molar-refractivity contribution in [3.63, 3.8) is 0 Å². The number of carbonyl (C=O) groups is 8. The van der Waals surface area contributed by atoms with E-state index in [0.717, 1.165) is 43.2 Å². The zero-order chi connectivity index (χ0) is 56.5. The molecule has 0 bridgehead atoms. The fraction of sp³-hybridized carbons (Fsp3) is 0.574. The van der Waals surface area contributed by atoms with Crippen molar-refractivity contribution in [1.82, 2.24) is 47.0 Å². The van der Waals surface area contributed by atoms with Gasteiger partial charge in [0, 0.05) is 78.5 Å². The second-order valence-electron chi connectivity index (χ2n) is 22.9. The molecule has 430 valence electrons. The van der Waals surface area contributed by atoms with E-state index in [9.17, 15) is 38.4 Å². The third-order valence-corrected chi connectivity index (χ3v) is 17.8. The number of hydrogen-bond acceptors (Lipinski definition) is 12. The van der Waals surface area contributed by atoms with Crippen LogP contribution in [0.3, 0.4) is 0 Å². The second-order valence-corrected chi connectivity index (χ2v) is 22.9. The van der Waals surface area contributed by atoms with Gasteiger partial charge in [0.2, 0.25) is 29.5 Å². The molecule has 3 aromatic carbocycles. The molecular weight excluding hydrogens is 1020 g/mol. The summed E-state index contributed by atoms with van der Waals surface area (Å²) in [6, 6.07) is 16.1. The molecule has 80 heavy (non-hydrogen) atoms. The smallest absolute Gasteiger partial charge is 0.251 e. The number of fused-ring (bicyclic) bond motifs is 2. The van der Waals surface area contributed by atoms with E-state index in [2.05, 4.69) is 37.2 Å². The van der Waals surface area contributed by atoms with E-state index in [1.165, 1.54) is 24.3 Å². The van der Waals surface area contributed by atoms with Crippen LogP contribution in [0.25, 0.3) is 0 Å². The number of piperidine rings is 1. The third-order valence-electron chi connectivity index (χ3n) is 17.8. The number of nitrogens with zero attached hydrogens (tertiary/aromatic N) is 2. The lowest BCUT2D eigenvalue weighted by atomic mass is 9.80. The summed E-state index contributed by atoms with van der Waals surface area (Å²) in [6.07, 6.45) is 7.87. The van der Waals surface area contributed by atoms with E-state index in [1.54, 1.807) is 23.8 Å². The van der Waals surface area contributed by atoms with Gasteiger partial charge in [-0.3, -0.25) is 38.4 Å². The zero-order valence-corrected chi connectivity index (χ0v) is 46.8. The van der Waals surface area contributed by atoms with Crippen molar-refractivity contribution < 1.29 is 47.8 Å². The molecule has 5 aliphatic heterocycles. The quantitative estimate of drug-likeness (QED) is 0.0867. The van der Waals surface area contributed by atoms with E-state index >= 15 is 0 Å². The lowest BCUT2D eigenvalue weighted by Gasteiger charge is -2.35. The van der Waals surface area contributed by atoms with Crippen molar-refractivity contribution in [3.05, 3.63) is 95.1 Å². The van der Waals surface area contributed by atoms with E-state index in [1.807, 2.05) is 62.4 Å². The van der Waals surface area contributed by atoms with Gasteiger partial charge >= 0.3 is 0 Å². The molecule has 1 saturated carbocycles. The molecule has 5 heterocycles. The fourth-order valence-corrected chi connectivity index (χ4v) is 12.7. The molecule has 6 aliphatic rings. The summed E-state index contributed by atoms with van der Waals surface area (Å²) in [7, 11) is 1.71. The SMILES string of the molecule is CC[C@@H](C)C(=O)N[C@H](C(=O)N1C[C@@H](NC(=O)c2ccc(C(=O)N[C@H]3C[C@@H](C(=O)N[C@@H]4CCOc5ccccc54)N(C(=O)[C@@H](CC(=O)[C@H](C)NC)C4CCNCC4)C3)cc2)C[C@H]1C(=O)N[C@@H]1CCOc2ccccc21)C1CCCCC1. The first-order valence-electron chi connectivity index (χ1n) is 29.3. The summed E-state index contributed by atoms with van der Waals surface area (Å²) in [5, 5.41) is 22.0. The van der Waals surface area contributed by atoms with Gasteiger partial charge in [-0.05, 0) is 120 Å². The van der Waals surface area contributed by atoms with Crippen LogP contribution in [0, 0.1) is 23.7 Å². The van der Waals surface area contributed by atoms with Crippen LogP contribution < -0.4 is 46.7 Å². The number of Topliss-reactive ketones (excluding diaryl/α,β-unsaturated/α-hetero) is 1. The number of hydrogen-bond donors (Lipinski definition) is 7. The van der Waals surface area contributed by atoms with Crippen molar-refractivity contribution in [2.24, 2.45) is 23.7 Å². The summed E-state index contributed by atoms with van der Waals surface area (Å²) in [5.74, 6) is -2.29. The maximum Gasteiger partial charge on any atom is 0.251 e. The average Bonchev–Trinajstić information content (AvgIpc) is 4.12. The number of para-hydroxylation sites is 2. The highest BCUT2D eigenvalue weighted by Gasteiger charge is 2.47. The van der Waals surface area contributed by atoms with E-state index in [0.29, 0.717) is 69.9 Å². The average molecular weight is 1100 g/mol. The number of nitrogens with one attached hydrogen (secondary N) is 7. The van der Waals surface area contributed by atoms with Crippen LogP contribution >= 0.6 is 0 Å². The van der Waals surface area contributed by atoms with Crippen LogP contribution in [0.4, 0.5) is 0 Å². The van der Waals surface area contributed by atoms with Crippen LogP contribution in [0.1, 0.15) is 148 Å². The summed E-state index contributed by atoms with van der Waals surface area (Å²) in [4.78, 5) is 117. The highest BCUT2D eigenvalue weighted by molar-refractivity contribution is 5.99. The van der Waals surface area contributed by atoms with Crippen molar-refractivity contribution in [3.8, 4) is 11.5 Å². The normalized spacial score (nSPS) is 24.5. The van der Waals surface area contributed by atoms with Gasteiger partial charge in [0.15, 0.2) is 0 Å². The van der Waals surface area contributed by atoms with Gasteiger partial charge in [0.1, 0.15) is 35.4 Å². The first kappa shape index (κ1) is 57.8. The van der Waals surface area contributed by atoms with E-state index in [4.69, 9.17) is 9.47 Å². The summed E-state index contributed by atoms with van der Waals surface area (Å²) in [5.41, 5.74) is 2.19. The predicted octanol–water partition coefficient (Wildman–Crippen LogP) is 4.66. The van der Waals surface area contributed by atoms with Crippen LogP contribution in [-0.4, -0.2) is 140 Å². The van der Waals surface area contributed by atoms with Gasteiger partial charge in [-0.25, -0.2) is 0 Å². The van der Waals surface area contributed by atoms with Gasteiger partial charge in [-0.1, -0.05) is 69.5 Å². The van der Waals surface area contributed by atoms with Gasteiger partial charge in [-0.15, -0.1) is 0 Å². The zero-order valence-electron chi connectivity index (χ0n) is 46.8. The molecule has 0 spiro atoms. The van der Waals surface area contributed by atoms with Gasteiger partial charge in [-0.2, -0.15) is 0 Å². The Morgan fingerprint density at radius 2 is 1.11 bits per heavy atom. The number of ether oxygens (including phenoxy) is 2. The van der Waals surface area contributed by atoms with E-state index in [-0.39, 0.29) is 109 Å². The molecule has 0 unspecified atom stereocenters. The highest BCUT2D eigenvalue weighted by atomic mass is 16.5. The number of likely N-dealkylation sites (tertiary alicyclic amines) is 2. The van der Waals surface area contributed by atoms with E-state index < -0.39 is 54.0 Å². The molecule has 7 N–H and O–H groups in total. The Labute approximate surface area is 469 Å². The second kappa shape index (κ2) is 26.6. The lowest BCUT2D eigenvalue weighted by Crippen LogP contribution is -2.57. The standard InChI is InChI=1S/C61H81N9O10/c1-5-36(2)55(72)68-54(39-13-7-6-8-14-39)61(78)70-35-43(32-50(70)59(76)67-48-26-30-80-53-18-12-10-16-45(48)53)65-57(74)41-21-19-40(20-22-41)56(73)64-42-31-49(58(75)66-47-25-29-79-52-17-11-9-15-44(47)52)69(34-42)60(77)46(33-51(71)37(3)62-4)38-23-27-63-28-24-38/h9-12,15-22,36-39,42-43,46-50,54,62-63H,5-8,13-14,23-35H2,1-4H3,(H,64,73)(H,65,74)(H,66,75)(H,67,76)(H,68,72)/t36-,37+,42+,43+,46+,47-,48-,49+,50+,54+/m1/s1. The maximum absolute atomic E-state index is 14.9. The maximum atomic E-state index is 14.9. The Morgan fingerprint density at radius 3 is 1.61 bits per heavy atom. The summed E-state index contributed by atoms with van der Waals surface area (Å²) in [6.45, 7) is 7.88. The Balaban J connectivity index is 0.896. The largest absolute Gasteiger partial charge is 0.493 e. The molecular formula is C61H81N9O10.